The van der Waals surface area contributed by atoms with Crippen LogP contribution >= 0.6 is 0 Å². The molecule has 2 heteroatoms. The lowest BCUT2D eigenvalue weighted by Crippen LogP contribution is -2.34. The first-order valence-electron chi connectivity index (χ1n) is 8.28. The van der Waals surface area contributed by atoms with Crippen molar-refractivity contribution in [2.75, 3.05) is 13.2 Å². The average Bonchev–Trinajstić information content (AvgIpc) is 2.49. The Hall–Kier alpha value is -1.02. The SMILES string of the molecule is CCCCCCCCC(COc1ccccc1)NCC. The molecule has 0 aliphatic rings. The highest BCUT2D eigenvalue weighted by Gasteiger charge is 2.07. The lowest BCUT2D eigenvalue weighted by Gasteiger charge is -2.18. The molecule has 0 fully saturated rings. The van der Waals surface area contributed by atoms with Gasteiger partial charge in [-0.05, 0) is 25.1 Å². The maximum absolute atomic E-state index is 5.85. The Labute approximate surface area is 124 Å². The molecule has 0 amide bonds. The fraction of sp³-hybridized carbons (Fsp3) is 0.667. The van der Waals surface area contributed by atoms with E-state index in [1.54, 1.807) is 0 Å². The number of nitrogens with one attached hydrogen (secondary N) is 1. The number of rotatable bonds is 12. The molecule has 0 aliphatic carbocycles. The van der Waals surface area contributed by atoms with Gasteiger partial charge in [0.15, 0.2) is 0 Å². The Kier molecular flexibility index (Phi) is 10.0. The van der Waals surface area contributed by atoms with Crippen LogP contribution in [0.1, 0.15) is 58.8 Å². The highest BCUT2D eigenvalue weighted by atomic mass is 16.5. The Morgan fingerprint density at radius 3 is 2.35 bits per heavy atom. The molecular weight excluding hydrogens is 246 g/mol. The van der Waals surface area contributed by atoms with Crippen molar-refractivity contribution in [3.05, 3.63) is 30.3 Å². The van der Waals surface area contributed by atoms with Gasteiger partial charge in [0.2, 0.25) is 0 Å². The first-order chi connectivity index (χ1) is 9.86. The van der Waals surface area contributed by atoms with Crippen molar-refractivity contribution in [3.63, 3.8) is 0 Å². The van der Waals surface area contributed by atoms with Gasteiger partial charge in [-0.3, -0.25) is 0 Å². The minimum Gasteiger partial charge on any atom is -0.492 e. The van der Waals surface area contributed by atoms with Gasteiger partial charge in [-0.2, -0.15) is 0 Å². The fourth-order valence-electron chi connectivity index (χ4n) is 2.42. The van der Waals surface area contributed by atoms with Crippen molar-refractivity contribution in [3.8, 4) is 5.75 Å². The van der Waals surface area contributed by atoms with E-state index in [0.717, 1.165) is 18.9 Å². The van der Waals surface area contributed by atoms with Gasteiger partial charge in [0.25, 0.3) is 0 Å². The van der Waals surface area contributed by atoms with Crippen LogP contribution in [0.3, 0.4) is 0 Å². The molecule has 1 N–H and O–H groups in total. The van der Waals surface area contributed by atoms with E-state index in [9.17, 15) is 0 Å². The van der Waals surface area contributed by atoms with E-state index in [4.69, 9.17) is 4.74 Å². The van der Waals surface area contributed by atoms with Gasteiger partial charge < -0.3 is 10.1 Å². The molecule has 114 valence electrons. The summed E-state index contributed by atoms with van der Waals surface area (Å²) in [6, 6.07) is 10.6. The normalized spacial score (nSPS) is 12.3. The summed E-state index contributed by atoms with van der Waals surface area (Å²) < 4.78 is 5.85. The molecule has 0 aliphatic heterocycles. The van der Waals surface area contributed by atoms with Crippen LogP contribution in [0, 0.1) is 0 Å². The Bertz CT molecular complexity index is 312. The quantitative estimate of drug-likeness (QED) is 0.554. The molecule has 0 radical (unpaired) electrons. The topological polar surface area (TPSA) is 21.3 Å². The minimum absolute atomic E-state index is 0.478. The van der Waals surface area contributed by atoms with E-state index < -0.39 is 0 Å². The first kappa shape index (κ1) is 17.0. The molecular formula is C18H31NO. The molecule has 0 saturated heterocycles. The molecule has 0 heterocycles. The van der Waals surface area contributed by atoms with Gasteiger partial charge in [0.05, 0.1) is 0 Å². The standard InChI is InChI=1S/C18H31NO/c1-3-5-6-7-8-10-13-17(19-4-2)16-20-18-14-11-9-12-15-18/h9,11-12,14-15,17,19H,3-8,10,13,16H2,1-2H3. The van der Waals surface area contributed by atoms with Crippen molar-refractivity contribution in [2.24, 2.45) is 0 Å². The Morgan fingerprint density at radius 2 is 1.65 bits per heavy atom. The molecule has 1 aromatic carbocycles. The summed E-state index contributed by atoms with van der Waals surface area (Å²) in [5.74, 6) is 0.971. The second kappa shape index (κ2) is 11.8. The summed E-state index contributed by atoms with van der Waals surface area (Å²) in [4.78, 5) is 0. The number of likely N-dealkylation sites (N-methyl/N-ethyl adjacent to an activating group) is 1. The van der Waals surface area contributed by atoms with Crippen molar-refractivity contribution in [2.45, 2.75) is 64.8 Å². The van der Waals surface area contributed by atoms with Crippen LogP contribution in [0.2, 0.25) is 0 Å². The van der Waals surface area contributed by atoms with Crippen LogP contribution in [0.4, 0.5) is 0 Å². The molecule has 1 unspecified atom stereocenters. The smallest absolute Gasteiger partial charge is 0.119 e. The number of unbranched alkanes of at least 4 members (excludes halogenated alkanes) is 5. The van der Waals surface area contributed by atoms with Gasteiger partial charge in [-0.25, -0.2) is 0 Å². The maximum Gasteiger partial charge on any atom is 0.119 e. The van der Waals surface area contributed by atoms with E-state index in [0.29, 0.717) is 6.04 Å². The van der Waals surface area contributed by atoms with E-state index >= 15 is 0 Å². The molecule has 1 atom stereocenters. The summed E-state index contributed by atoms with van der Waals surface area (Å²) in [5, 5.41) is 3.53. The minimum atomic E-state index is 0.478. The van der Waals surface area contributed by atoms with E-state index in [1.165, 1.54) is 44.9 Å². The molecule has 1 rings (SSSR count). The summed E-state index contributed by atoms with van der Waals surface area (Å²) in [5.41, 5.74) is 0. The molecule has 0 bridgehead atoms. The number of para-hydroxylation sites is 1. The van der Waals surface area contributed by atoms with Crippen LogP contribution in [0.5, 0.6) is 5.75 Å². The third-order valence-corrected chi connectivity index (χ3v) is 3.59. The van der Waals surface area contributed by atoms with Crippen molar-refractivity contribution < 1.29 is 4.74 Å². The zero-order chi connectivity index (χ0) is 14.5. The van der Waals surface area contributed by atoms with Crippen LogP contribution in [-0.2, 0) is 0 Å². The molecule has 1 aromatic rings. The summed E-state index contributed by atoms with van der Waals surface area (Å²) in [6.45, 7) is 6.21. The van der Waals surface area contributed by atoms with Crippen LogP contribution < -0.4 is 10.1 Å². The summed E-state index contributed by atoms with van der Waals surface area (Å²) >= 11 is 0. The molecule has 2 nitrogen and oxygen atoms in total. The maximum atomic E-state index is 5.85. The lowest BCUT2D eigenvalue weighted by atomic mass is 10.1. The largest absolute Gasteiger partial charge is 0.492 e. The summed E-state index contributed by atoms with van der Waals surface area (Å²) in [7, 11) is 0. The van der Waals surface area contributed by atoms with Crippen molar-refractivity contribution >= 4 is 0 Å². The fourth-order valence-corrected chi connectivity index (χ4v) is 2.42. The predicted molar refractivity (Wildman–Crippen MR) is 87.4 cm³/mol. The Morgan fingerprint density at radius 1 is 0.950 bits per heavy atom. The average molecular weight is 277 g/mol. The third kappa shape index (κ3) is 8.21. The number of benzene rings is 1. The zero-order valence-electron chi connectivity index (χ0n) is 13.2. The van der Waals surface area contributed by atoms with Gasteiger partial charge in [-0.15, -0.1) is 0 Å². The lowest BCUT2D eigenvalue weighted by molar-refractivity contribution is 0.255. The summed E-state index contributed by atoms with van der Waals surface area (Å²) in [6.07, 6.45) is 9.35. The molecule has 0 saturated carbocycles. The Balaban J connectivity index is 2.16. The highest BCUT2D eigenvalue weighted by Crippen LogP contribution is 2.12. The second-order valence-electron chi connectivity index (χ2n) is 5.44. The highest BCUT2D eigenvalue weighted by molar-refractivity contribution is 5.20. The number of ether oxygens (including phenoxy) is 1. The van der Waals surface area contributed by atoms with Crippen LogP contribution in [-0.4, -0.2) is 19.2 Å². The molecule has 0 aromatic heterocycles. The molecule has 0 spiro atoms. The van der Waals surface area contributed by atoms with Gasteiger partial charge in [-0.1, -0.05) is 70.6 Å². The van der Waals surface area contributed by atoms with Crippen LogP contribution in [0.15, 0.2) is 30.3 Å². The predicted octanol–water partition coefficient (Wildman–Crippen LogP) is 4.79. The van der Waals surface area contributed by atoms with Crippen LogP contribution in [0.25, 0.3) is 0 Å². The zero-order valence-corrected chi connectivity index (χ0v) is 13.2. The van der Waals surface area contributed by atoms with Crippen molar-refractivity contribution in [1.29, 1.82) is 0 Å². The monoisotopic (exact) mass is 277 g/mol. The number of hydrogen-bond acceptors (Lipinski definition) is 2. The number of hydrogen-bond donors (Lipinski definition) is 1. The third-order valence-electron chi connectivity index (χ3n) is 3.59. The van der Waals surface area contributed by atoms with E-state index in [-0.39, 0.29) is 0 Å². The van der Waals surface area contributed by atoms with E-state index in [2.05, 4.69) is 19.2 Å². The van der Waals surface area contributed by atoms with E-state index in [1.807, 2.05) is 30.3 Å². The van der Waals surface area contributed by atoms with Crippen molar-refractivity contribution in [1.82, 2.24) is 5.32 Å². The first-order valence-corrected chi connectivity index (χ1v) is 8.28. The van der Waals surface area contributed by atoms with Gasteiger partial charge >= 0.3 is 0 Å². The molecule has 20 heavy (non-hydrogen) atoms. The second-order valence-corrected chi connectivity index (χ2v) is 5.44. The van der Waals surface area contributed by atoms with Gasteiger partial charge in [0.1, 0.15) is 12.4 Å². The van der Waals surface area contributed by atoms with Gasteiger partial charge in [0, 0.05) is 6.04 Å².